The Kier molecular flexibility index (Phi) is 4.39. The molecule has 1 amide bonds. The van der Waals surface area contributed by atoms with Gasteiger partial charge in [-0.2, -0.15) is 0 Å². The molecule has 138 valence electrons. The zero-order valence-electron chi connectivity index (χ0n) is 14.6. The lowest BCUT2D eigenvalue weighted by Gasteiger charge is -2.16. The smallest absolute Gasteiger partial charge is 0.323 e. The number of hydrogen-bond donors (Lipinski definition) is 1. The van der Waals surface area contributed by atoms with Crippen LogP contribution in [0.2, 0.25) is 0 Å². The number of esters is 1. The predicted molar refractivity (Wildman–Crippen MR) is 97.0 cm³/mol. The van der Waals surface area contributed by atoms with Crippen molar-refractivity contribution in [1.82, 2.24) is 4.90 Å². The van der Waals surface area contributed by atoms with Crippen LogP contribution in [0.3, 0.4) is 0 Å². The van der Waals surface area contributed by atoms with Crippen LogP contribution in [0.4, 0.5) is 0 Å². The van der Waals surface area contributed by atoms with Gasteiger partial charge in [0.25, 0.3) is 0 Å². The largest absolute Gasteiger partial charge is 0.480 e. The molecule has 27 heavy (non-hydrogen) atoms. The Morgan fingerprint density at radius 1 is 1.04 bits per heavy atom. The number of benzene rings is 2. The van der Waals surface area contributed by atoms with Crippen molar-refractivity contribution in [2.24, 2.45) is 5.92 Å². The number of nitrogens with zero attached hydrogens (tertiary/aromatic N) is 1. The van der Waals surface area contributed by atoms with E-state index in [1.165, 1.54) is 4.90 Å². The first-order valence-corrected chi connectivity index (χ1v) is 8.91. The zero-order valence-corrected chi connectivity index (χ0v) is 14.6. The third kappa shape index (κ3) is 3.07. The van der Waals surface area contributed by atoms with Crippen molar-refractivity contribution in [3.63, 3.8) is 0 Å². The number of carbonyl (C=O) groups is 3. The van der Waals surface area contributed by atoms with Crippen molar-refractivity contribution < 1.29 is 24.2 Å². The van der Waals surface area contributed by atoms with Crippen LogP contribution in [0, 0.1) is 5.92 Å². The summed E-state index contributed by atoms with van der Waals surface area (Å²) in [6, 6.07) is 16.1. The Hall–Kier alpha value is -3.15. The van der Waals surface area contributed by atoms with E-state index in [1.54, 1.807) is 0 Å². The summed E-state index contributed by atoms with van der Waals surface area (Å²) in [5, 5.41) is 8.84. The van der Waals surface area contributed by atoms with Gasteiger partial charge < -0.3 is 14.7 Å². The lowest BCUT2D eigenvalue weighted by atomic mass is 9.98. The standard InChI is InChI=1S/C21H19NO5/c23-19(24)11-22-10-9-17(20(22)25)21(26)27-12-18-15-7-3-1-5-13(15)14-6-2-4-8-16(14)18/h1-8,17-18H,9-12H2,(H,23,24)/t17-/m0/s1. The van der Waals surface area contributed by atoms with Crippen molar-refractivity contribution in [1.29, 1.82) is 0 Å². The minimum Gasteiger partial charge on any atom is -0.480 e. The van der Waals surface area contributed by atoms with Gasteiger partial charge in [-0.1, -0.05) is 48.5 Å². The molecular formula is C21H19NO5. The molecule has 1 atom stereocenters. The van der Waals surface area contributed by atoms with Crippen LogP contribution in [0.5, 0.6) is 0 Å². The molecule has 0 radical (unpaired) electrons. The van der Waals surface area contributed by atoms with Crippen LogP contribution < -0.4 is 0 Å². The molecule has 0 aromatic heterocycles. The average Bonchev–Trinajstić information content (AvgIpc) is 3.18. The lowest BCUT2D eigenvalue weighted by Crippen LogP contribution is -2.35. The molecular weight excluding hydrogens is 346 g/mol. The monoisotopic (exact) mass is 365 g/mol. The van der Waals surface area contributed by atoms with E-state index in [0.717, 1.165) is 22.3 Å². The molecule has 0 spiro atoms. The molecule has 2 aromatic rings. The SMILES string of the molecule is O=C(O)CN1CC[C@H](C(=O)OCC2c3ccccc3-c3ccccc32)C1=O. The number of hydrogen-bond acceptors (Lipinski definition) is 4. The predicted octanol–water partition coefficient (Wildman–Crippen LogP) is 2.28. The summed E-state index contributed by atoms with van der Waals surface area (Å²) in [6.45, 7) is 0.0432. The number of aliphatic carboxylic acids is 1. The summed E-state index contributed by atoms with van der Waals surface area (Å²) in [5.74, 6) is -3.09. The quantitative estimate of drug-likeness (QED) is 0.649. The number of carboxylic acid groups (broad SMARTS) is 1. The van der Waals surface area contributed by atoms with Gasteiger partial charge in [-0.25, -0.2) is 0 Å². The van der Waals surface area contributed by atoms with Gasteiger partial charge in [0, 0.05) is 12.5 Å². The molecule has 1 fully saturated rings. The topological polar surface area (TPSA) is 83.9 Å². The molecule has 1 N–H and O–H groups in total. The van der Waals surface area contributed by atoms with E-state index in [1.807, 2.05) is 36.4 Å². The van der Waals surface area contributed by atoms with Crippen LogP contribution in [0.15, 0.2) is 48.5 Å². The van der Waals surface area contributed by atoms with E-state index in [-0.39, 0.29) is 25.6 Å². The van der Waals surface area contributed by atoms with Gasteiger partial charge in [-0.05, 0) is 28.7 Å². The third-order valence-electron chi connectivity index (χ3n) is 5.26. The first-order valence-electron chi connectivity index (χ1n) is 8.91. The minimum atomic E-state index is -1.09. The fourth-order valence-corrected chi connectivity index (χ4v) is 3.98. The highest BCUT2D eigenvalue weighted by atomic mass is 16.5. The van der Waals surface area contributed by atoms with Crippen molar-refractivity contribution >= 4 is 17.8 Å². The average molecular weight is 365 g/mol. The van der Waals surface area contributed by atoms with Gasteiger partial charge in [0.1, 0.15) is 19.1 Å². The number of carboxylic acids is 1. The molecule has 4 rings (SSSR count). The Morgan fingerprint density at radius 2 is 1.63 bits per heavy atom. The van der Waals surface area contributed by atoms with Crippen molar-refractivity contribution in [3.05, 3.63) is 59.7 Å². The maximum Gasteiger partial charge on any atom is 0.323 e. The number of carbonyl (C=O) groups excluding carboxylic acids is 2. The number of fused-ring (bicyclic) bond motifs is 3. The molecule has 6 heteroatoms. The van der Waals surface area contributed by atoms with Crippen LogP contribution in [0.25, 0.3) is 11.1 Å². The van der Waals surface area contributed by atoms with Gasteiger partial charge in [-0.3, -0.25) is 14.4 Å². The van der Waals surface area contributed by atoms with Crippen LogP contribution in [-0.4, -0.2) is 47.5 Å². The molecule has 2 aromatic carbocycles. The van der Waals surface area contributed by atoms with Gasteiger partial charge in [0.15, 0.2) is 0 Å². The minimum absolute atomic E-state index is 0.0621. The highest BCUT2D eigenvalue weighted by Gasteiger charge is 2.39. The summed E-state index contributed by atoms with van der Waals surface area (Å²) in [7, 11) is 0. The molecule has 0 bridgehead atoms. The molecule has 1 saturated heterocycles. The van der Waals surface area contributed by atoms with Gasteiger partial charge in [-0.15, -0.1) is 0 Å². The summed E-state index contributed by atoms with van der Waals surface area (Å²) in [5.41, 5.74) is 4.49. The van der Waals surface area contributed by atoms with E-state index >= 15 is 0 Å². The summed E-state index contributed by atoms with van der Waals surface area (Å²) >= 11 is 0. The second kappa shape index (κ2) is 6.87. The highest BCUT2D eigenvalue weighted by molar-refractivity contribution is 6.00. The van der Waals surface area contributed by atoms with Crippen molar-refractivity contribution in [2.75, 3.05) is 19.7 Å². The summed E-state index contributed by atoms with van der Waals surface area (Å²) in [4.78, 5) is 36.7. The van der Waals surface area contributed by atoms with Gasteiger partial charge in [0.2, 0.25) is 5.91 Å². The molecule has 2 aliphatic rings. The van der Waals surface area contributed by atoms with Crippen molar-refractivity contribution in [3.8, 4) is 11.1 Å². The number of amides is 1. The molecule has 1 heterocycles. The first-order chi connectivity index (χ1) is 13.1. The van der Waals surface area contributed by atoms with E-state index in [0.29, 0.717) is 6.42 Å². The Morgan fingerprint density at radius 3 is 2.22 bits per heavy atom. The van der Waals surface area contributed by atoms with Crippen LogP contribution in [0.1, 0.15) is 23.5 Å². The van der Waals surface area contributed by atoms with E-state index in [9.17, 15) is 14.4 Å². The van der Waals surface area contributed by atoms with Crippen molar-refractivity contribution in [2.45, 2.75) is 12.3 Å². The maximum absolute atomic E-state index is 12.5. The number of ether oxygens (including phenoxy) is 1. The van der Waals surface area contributed by atoms with E-state index in [4.69, 9.17) is 9.84 Å². The Bertz CT molecular complexity index is 877. The highest BCUT2D eigenvalue weighted by Crippen LogP contribution is 2.44. The van der Waals surface area contributed by atoms with Crippen LogP contribution in [-0.2, 0) is 19.1 Å². The zero-order chi connectivity index (χ0) is 19.0. The third-order valence-corrected chi connectivity index (χ3v) is 5.26. The van der Waals surface area contributed by atoms with E-state index in [2.05, 4.69) is 12.1 Å². The second-order valence-electron chi connectivity index (χ2n) is 6.85. The molecule has 1 aliphatic heterocycles. The number of rotatable bonds is 5. The van der Waals surface area contributed by atoms with Gasteiger partial charge in [0.05, 0.1) is 0 Å². The number of likely N-dealkylation sites (tertiary alicyclic amines) is 1. The Balaban J connectivity index is 1.47. The summed E-state index contributed by atoms with van der Waals surface area (Å²) < 4.78 is 5.51. The first kappa shape index (κ1) is 17.3. The van der Waals surface area contributed by atoms with Crippen LogP contribution >= 0.6 is 0 Å². The molecule has 1 aliphatic carbocycles. The normalized spacial score (nSPS) is 18.3. The fraction of sp³-hybridized carbons (Fsp3) is 0.286. The maximum atomic E-state index is 12.5. The summed E-state index contributed by atoms with van der Waals surface area (Å²) in [6.07, 6.45) is 0.294. The lowest BCUT2D eigenvalue weighted by molar-refractivity contribution is -0.154. The fourth-order valence-electron chi connectivity index (χ4n) is 3.98. The molecule has 0 unspecified atom stereocenters. The second-order valence-corrected chi connectivity index (χ2v) is 6.85. The molecule has 0 saturated carbocycles. The van der Waals surface area contributed by atoms with E-state index < -0.39 is 23.8 Å². The van der Waals surface area contributed by atoms with Gasteiger partial charge >= 0.3 is 11.9 Å². The molecule has 6 nitrogen and oxygen atoms in total. The Labute approximate surface area is 156 Å².